The Morgan fingerprint density at radius 1 is 1.13 bits per heavy atom. The molecule has 0 bridgehead atoms. The number of pyridine rings is 1. The SMILES string of the molecule is Cc1c(Cl)cccc1C1(Nc2ccc3cccnc3c2)CNC1. The second kappa shape index (κ2) is 5.52. The van der Waals surface area contributed by atoms with Crippen LogP contribution in [0, 0.1) is 6.92 Å². The average molecular weight is 324 g/mol. The monoisotopic (exact) mass is 323 g/mol. The van der Waals surface area contributed by atoms with Gasteiger partial charge in [-0.2, -0.15) is 0 Å². The fraction of sp³-hybridized carbons (Fsp3) is 0.211. The Hall–Kier alpha value is -2.10. The third-order valence-corrected chi connectivity index (χ3v) is 5.04. The predicted octanol–water partition coefficient (Wildman–Crippen LogP) is 4.11. The number of halogens is 1. The lowest BCUT2D eigenvalue weighted by molar-refractivity contribution is 0.316. The molecular formula is C19H18ClN3. The van der Waals surface area contributed by atoms with Gasteiger partial charge in [-0.05, 0) is 42.3 Å². The van der Waals surface area contributed by atoms with Crippen molar-refractivity contribution in [2.75, 3.05) is 18.4 Å². The van der Waals surface area contributed by atoms with Gasteiger partial charge >= 0.3 is 0 Å². The second-order valence-electron chi connectivity index (χ2n) is 6.13. The van der Waals surface area contributed by atoms with Gasteiger partial charge in [-0.3, -0.25) is 4.98 Å². The Balaban J connectivity index is 1.73. The van der Waals surface area contributed by atoms with E-state index in [1.54, 1.807) is 0 Å². The van der Waals surface area contributed by atoms with Gasteiger partial charge in [0.05, 0.1) is 11.1 Å². The Morgan fingerprint density at radius 3 is 2.78 bits per heavy atom. The number of nitrogens with one attached hydrogen (secondary N) is 2. The average Bonchev–Trinajstić information content (AvgIpc) is 2.54. The molecule has 2 aromatic carbocycles. The standard InChI is InChI=1S/C19H18ClN3/c1-13-16(5-2-6-17(13)20)19(11-21-12-19)23-15-8-7-14-4-3-9-22-18(14)10-15/h2-10,21,23H,11-12H2,1H3. The van der Waals surface area contributed by atoms with Crippen LogP contribution in [0.4, 0.5) is 5.69 Å². The van der Waals surface area contributed by atoms with E-state index in [2.05, 4.69) is 52.9 Å². The first-order valence-electron chi connectivity index (χ1n) is 7.77. The first kappa shape index (κ1) is 14.5. The van der Waals surface area contributed by atoms with Crippen molar-refractivity contribution in [1.29, 1.82) is 0 Å². The molecule has 23 heavy (non-hydrogen) atoms. The molecular weight excluding hydrogens is 306 g/mol. The largest absolute Gasteiger partial charge is 0.373 e. The summed E-state index contributed by atoms with van der Waals surface area (Å²) in [5, 5.41) is 9.06. The van der Waals surface area contributed by atoms with E-state index in [0.717, 1.165) is 40.3 Å². The molecule has 0 saturated carbocycles. The highest BCUT2D eigenvalue weighted by atomic mass is 35.5. The number of aromatic nitrogens is 1. The zero-order chi connectivity index (χ0) is 15.9. The molecule has 0 unspecified atom stereocenters. The number of hydrogen-bond acceptors (Lipinski definition) is 3. The topological polar surface area (TPSA) is 37.0 Å². The summed E-state index contributed by atoms with van der Waals surface area (Å²) in [6.07, 6.45) is 1.83. The van der Waals surface area contributed by atoms with Crippen molar-refractivity contribution in [3.05, 3.63) is 70.9 Å². The molecule has 1 fully saturated rings. The summed E-state index contributed by atoms with van der Waals surface area (Å²) in [6, 6.07) is 16.5. The minimum atomic E-state index is -0.114. The van der Waals surface area contributed by atoms with Crippen LogP contribution in [-0.2, 0) is 5.54 Å². The van der Waals surface area contributed by atoms with E-state index in [9.17, 15) is 0 Å². The molecule has 1 aliphatic heterocycles. The smallest absolute Gasteiger partial charge is 0.0877 e. The molecule has 116 valence electrons. The summed E-state index contributed by atoms with van der Waals surface area (Å²) >= 11 is 6.32. The van der Waals surface area contributed by atoms with Crippen LogP contribution in [0.15, 0.2) is 54.7 Å². The van der Waals surface area contributed by atoms with Gasteiger partial charge in [-0.25, -0.2) is 0 Å². The summed E-state index contributed by atoms with van der Waals surface area (Å²) < 4.78 is 0. The summed E-state index contributed by atoms with van der Waals surface area (Å²) in [6.45, 7) is 3.85. The highest BCUT2D eigenvalue weighted by Gasteiger charge is 2.40. The summed E-state index contributed by atoms with van der Waals surface area (Å²) in [5.41, 5.74) is 4.36. The Kier molecular flexibility index (Phi) is 3.47. The fourth-order valence-corrected chi connectivity index (χ4v) is 3.44. The highest BCUT2D eigenvalue weighted by molar-refractivity contribution is 6.31. The maximum absolute atomic E-state index is 6.32. The van der Waals surface area contributed by atoms with Gasteiger partial charge in [-0.15, -0.1) is 0 Å². The molecule has 0 atom stereocenters. The van der Waals surface area contributed by atoms with Crippen LogP contribution >= 0.6 is 11.6 Å². The minimum Gasteiger partial charge on any atom is -0.373 e. The van der Waals surface area contributed by atoms with Crippen molar-refractivity contribution in [2.45, 2.75) is 12.5 Å². The van der Waals surface area contributed by atoms with Crippen molar-refractivity contribution >= 4 is 28.2 Å². The van der Waals surface area contributed by atoms with Crippen LogP contribution in [0.3, 0.4) is 0 Å². The molecule has 0 radical (unpaired) electrons. The summed E-state index contributed by atoms with van der Waals surface area (Å²) in [4.78, 5) is 4.44. The molecule has 1 aromatic heterocycles. The Morgan fingerprint density at radius 2 is 2.00 bits per heavy atom. The van der Waals surface area contributed by atoms with Gasteiger partial charge in [0.25, 0.3) is 0 Å². The third kappa shape index (κ3) is 2.46. The van der Waals surface area contributed by atoms with E-state index in [1.807, 2.05) is 24.4 Å². The molecule has 2 heterocycles. The quantitative estimate of drug-likeness (QED) is 0.761. The number of anilines is 1. The van der Waals surface area contributed by atoms with E-state index in [4.69, 9.17) is 11.6 Å². The van der Waals surface area contributed by atoms with Crippen molar-refractivity contribution < 1.29 is 0 Å². The van der Waals surface area contributed by atoms with Crippen molar-refractivity contribution in [3.8, 4) is 0 Å². The number of hydrogen-bond donors (Lipinski definition) is 2. The van der Waals surface area contributed by atoms with E-state index in [0.29, 0.717) is 0 Å². The third-order valence-electron chi connectivity index (χ3n) is 4.63. The van der Waals surface area contributed by atoms with Crippen LogP contribution in [0.25, 0.3) is 10.9 Å². The number of fused-ring (bicyclic) bond motifs is 1. The molecule has 2 N–H and O–H groups in total. The zero-order valence-electron chi connectivity index (χ0n) is 12.9. The molecule has 0 amide bonds. The van der Waals surface area contributed by atoms with Gasteiger partial charge in [-0.1, -0.05) is 35.9 Å². The van der Waals surface area contributed by atoms with Gasteiger partial charge in [0, 0.05) is 35.4 Å². The molecule has 1 saturated heterocycles. The molecule has 4 rings (SSSR count). The van der Waals surface area contributed by atoms with Crippen LogP contribution in [0.1, 0.15) is 11.1 Å². The molecule has 3 aromatic rings. The second-order valence-corrected chi connectivity index (χ2v) is 6.54. The van der Waals surface area contributed by atoms with Gasteiger partial charge in [0.2, 0.25) is 0 Å². The molecule has 0 aliphatic carbocycles. The predicted molar refractivity (Wildman–Crippen MR) is 96.1 cm³/mol. The van der Waals surface area contributed by atoms with E-state index < -0.39 is 0 Å². The van der Waals surface area contributed by atoms with Crippen molar-refractivity contribution in [2.24, 2.45) is 0 Å². The van der Waals surface area contributed by atoms with Gasteiger partial charge < -0.3 is 10.6 Å². The normalized spacial score (nSPS) is 16.1. The number of benzene rings is 2. The van der Waals surface area contributed by atoms with Gasteiger partial charge in [0.1, 0.15) is 0 Å². The van der Waals surface area contributed by atoms with E-state index in [1.165, 1.54) is 5.56 Å². The molecule has 1 aliphatic rings. The minimum absolute atomic E-state index is 0.114. The lowest BCUT2D eigenvalue weighted by Gasteiger charge is -2.45. The lowest BCUT2D eigenvalue weighted by atomic mass is 9.81. The highest BCUT2D eigenvalue weighted by Crippen LogP contribution is 2.35. The number of nitrogens with zero attached hydrogens (tertiary/aromatic N) is 1. The first-order chi connectivity index (χ1) is 11.2. The van der Waals surface area contributed by atoms with Gasteiger partial charge in [0.15, 0.2) is 0 Å². The van der Waals surface area contributed by atoms with Crippen LogP contribution in [0.5, 0.6) is 0 Å². The van der Waals surface area contributed by atoms with Crippen LogP contribution in [-0.4, -0.2) is 18.1 Å². The number of rotatable bonds is 3. The van der Waals surface area contributed by atoms with Crippen molar-refractivity contribution in [3.63, 3.8) is 0 Å². The molecule has 0 spiro atoms. The summed E-state index contributed by atoms with van der Waals surface area (Å²) in [7, 11) is 0. The zero-order valence-corrected chi connectivity index (χ0v) is 13.7. The lowest BCUT2D eigenvalue weighted by Crippen LogP contribution is -2.61. The maximum atomic E-state index is 6.32. The van der Waals surface area contributed by atoms with E-state index >= 15 is 0 Å². The van der Waals surface area contributed by atoms with E-state index in [-0.39, 0.29) is 5.54 Å². The fourth-order valence-electron chi connectivity index (χ4n) is 3.27. The molecule has 4 heteroatoms. The maximum Gasteiger partial charge on any atom is 0.0877 e. The Bertz CT molecular complexity index is 871. The van der Waals surface area contributed by atoms with Crippen LogP contribution < -0.4 is 10.6 Å². The molecule has 3 nitrogen and oxygen atoms in total. The van der Waals surface area contributed by atoms with Crippen molar-refractivity contribution in [1.82, 2.24) is 10.3 Å². The van der Waals surface area contributed by atoms with Crippen LogP contribution in [0.2, 0.25) is 5.02 Å². The summed E-state index contributed by atoms with van der Waals surface area (Å²) in [5.74, 6) is 0. The first-order valence-corrected chi connectivity index (χ1v) is 8.15. The Labute approximate surface area is 140 Å².